The van der Waals surface area contributed by atoms with Crippen LogP contribution in [-0.2, 0) is 17.7 Å². The van der Waals surface area contributed by atoms with E-state index in [2.05, 4.69) is 10.3 Å². The molecule has 0 aliphatic heterocycles. The van der Waals surface area contributed by atoms with Crippen LogP contribution in [0.5, 0.6) is 5.75 Å². The van der Waals surface area contributed by atoms with E-state index in [1.165, 1.54) is 10.7 Å². The van der Waals surface area contributed by atoms with Crippen molar-refractivity contribution < 1.29 is 23.4 Å². The van der Waals surface area contributed by atoms with Crippen LogP contribution in [0.25, 0.3) is 11.0 Å². The fourth-order valence-corrected chi connectivity index (χ4v) is 3.98. The molecule has 0 fully saturated rings. The number of carbonyl (C=O) groups is 1. The predicted molar refractivity (Wildman–Crippen MR) is 109 cm³/mol. The van der Waals surface area contributed by atoms with E-state index in [1.54, 1.807) is 27.0 Å². The Balaban J connectivity index is 2.29. The Bertz CT molecular complexity index is 1100. The van der Waals surface area contributed by atoms with Crippen LogP contribution >= 0.6 is 11.6 Å². The van der Waals surface area contributed by atoms with Crippen molar-refractivity contribution in [3.8, 4) is 5.75 Å². The lowest BCUT2D eigenvalue weighted by Gasteiger charge is -2.32. The standard InChI is InChI=1S/C21H22ClF2N3O3/c1-11-5-6-12(7-14(11)10-22)17(21(2,3)19(28)29)13-8-15-18(27(4)26-25-15)16(9-13)30-20(23)24/h5-9,17,20H,10H2,1-4H3,(H,28,29)/t17-/m0/s1. The molecular weight excluding hydrogens is 416 g/mol. The summed E-state index contributed by atoms with van der Waals surface area (Å²) in [6.45, 7) is 2.05. The van der Waals surface area contributed by atoms with Gasteiger partial charge in [-0.15, -0.1) is 16.7 Å². The van der Waals surface area contributed by atoms with Gasteiger partial charge in [0.15, 0.2) is 5.75 Å². The minimum absolute atomic E-state index is 0.110. The molecule has 0 spiro atoms. The Morgan fingerprint density at radius 2 is 1.97 bits per heavy atom. The number of halogens is 3. The zero-order valence-corrected chi connectivity index (χ0v) is 17.7. The fraction of sp³-hybridized carbons (Fsp3) is 0.381. The molecule has 1 N–H and O–H groups in total. The second-order valence-corrected chi connectivity index (χ2v) is 8.02. The number of benzene rings is 2. The van der Waals surface area contributed by atoms with E-state index in [0.717, 1.165) is 11.1 Å². The molecule has 2 aromatic carbocycles. The van der Waals surface area contributed by atoms with E-state index in [0.29, 0.717) is 22.2 Å². The largest absolute Gasteiger partial charge is 0.481 e. The molecule has 1 aromatic heterocycles. The molecule has 0 bridgehead atoms. The quantitative estimate of drug-likeness (QED) is 0.534. The molecule has 9 heteroatoms. The van der Waals surface area contributed by atoms with Gasteiger partial charge in [-0.05, 0) is 55.2 Å². The molecule has 0 radical (unpaired) electrons. The molecule has 0 saturated heterocycles. The Kier molecular flexibility index (Phi) is 5.99. The summed E-state index contributed by atoms with van der Waals surface area (Å²) in [5.74, 6) is -1.55. The average molecular weight is 438 g/mol. The number of ether oxygens (including phenoxy) is 1. The molecular formula is C21H22ClF2N3O3. The van der Waals surface area contributed by atoms with Gasteiger partial charge in [-0.3, -0.25) is 4.79 Å². The van der Waals surface area contributed by atoms with Gasteiger partial charge < -0.3 is 9.84 Å². The highest BCUT2D eigenvalue weighted by Crippen LogP contribution is 2.44. The molecule has 1 atom stereocenters. The SMILES string of the molecule is Cc1ccc([C@@H](c2cc(OC(F)F)c3c(c2)nnn3C)C(C)(C)C(=O)O)cc1CCl. The van der Waals surface area contributed by atoms with Crippen LogP contribution in [0.15, 0.2) is 30.3 Å². The first kappa shape index (κ1) is 22.0. The maximum absolute atomic E-state index is 13.1. The Morgan fingerprint density at radius 1 is 1.27 bits per heavy atom. The number of rotatable bonds is 7. The molecule has 3 rings (SSSR count). The number of hydrogen-bond acceptors (Lipinski definition) is 4. The molecule has 30 heavy (non-hydrogen) atoms. The third kappa shape index (κ3) is 3.96. The van der Waals surface area contributed by atoms with Crippen LogP contribution < -0.4 is 4.74 Å². The number of fused-ring (bicyclic) bond motifs is 1. The highest BCUT2D eigenvalue weighted by molar-refractivity contribution is 6.17. The topological polar surface area (TPSA) is 77.2 Å². The number of aromatic nitrogens is 3. The first-order valence-electron chi connectivity index (χ1n) is 9.23. The Labute approximate surface area is 177 Å². The lowest BCUT2D eigenvalue weighted by molar-refractivity contribution is -0.147. The summed E-state index contributed by atoms with van der Waals surface area (Å²) in [6, 6.07) is 8.65. The van der Waals surface area contributed by atoms with Crippen molar-refractivity contribution in [2.45, 2.75) is 39.2 Å². The van der Waals surface area contributed by atoms with Gasteiger partial charge >= 0.3 is 12.6 Å². The smallest absolute Gasteiger partial charge is 0.387 e. The zero-order valence-electron chi connectivity index (χ0n) is 17.0. The lowest BCUT2D eigenvalue weighted by atomic mass is 9.70. The number of nitrogens with zero attached hydrogens (tertiary/aromatic N) is 3. The van der Waals surface area contributed by atoms with Crippen LogP contribution in [0.1, 0.15) is 42.0 Å². The normalized spacial score (nSPS) is 13.1. The van der Waals surface area contributed by atoms with Crippen molar-refractivity contribution in [1.29, 1.82) is 0 Å². The maximum atomic E-state index is 13.1. The molecule has 0 amide bonds. The summed E-state index contributed by atoms with van der Waals surface area (Å²) >= 11 is 6.05. The van der Waals surface area contributed by atoms with Gasteiger partial charge in [0.2, 0.25) is 0 Å². The minimum atomic E-state index is -3.05. The lowest BCUT2D eigenvalue weighted by Crippen LogP contribution is -2.32. The van der Waals surface area contributed by atoms with Crippen LogP contribution in [0.2, 0.25) is 0 Å². The maximum Gasteiger partial charge on any atom is 0.387 e. The van der Waals surface area contributed by atoms with Gasteiger partial charge in [-0.25, -0.2) is 4.68 Å². The first-order chi connectivity index (χ1) is 14.1. The molecule has 6 nitrogen and oxygen atoms in total. The predicted octanol–water partition coefficient (Wildman–Crippen LogP) is 4.86. The van der Waals surface area contributed by atoms with E-state index >= 15 is 0 Å². The first-order valence-corrected chi connectivity index (χ1v) is 9.76. The van der Waals surface area contributed by atoms with Gasteiger partial charge in [-0.1, -0.05) is 23.4 Å². The number of aryl methyl sites for hydroxylation is 2. The summed E-state index contributed by atoms with van der Waals surface area (Å²) in [4.78, 5) is 12.2. The number of alkyl halides is 3. The molecule has 0 aliphatic carbocycles. The Hall–Kier alpha value is -2.74. The van der Waals surface area contributed by atoms with Crippen LogP contribution in [0.4, 0.5) is 8.78 Å². The summed E-state index contributed by atoms with van der Waals surface area (Å²) < 4.78 is 32.2. The average Bonchev–Trinajstić information content (AvgIpc) is 3.03. The van der Waals surface area contributed by atoms with E-state index in [4.69, 9.17) is 16.3 Å². The summed E-state index contributed by atoms with van der Waals surface area (Å²) in [6.07, 6.45) is 0. The summed E-state index contributed by atoms with van der Waals surface area (Å²) in [5, 5.41) is 17.8. The zero-order chi connectivity index (χ0) is 22.2. The van der Waals surface area contributed by atoms with E-state index in [9.17, 15) is 18.7 Å². The number of aliphatic carboxylic acids is 1. The third-order valence-corrected chi connectivity index (χ3v) is 5.65. The van der Waals surface area contributed by atoms with Gasteiger partial charge in [0.25, 0.3) is 0 Å². The highest BCUT2D eigenvalue weighted by atomic mass is 35.5. The van der Waals surface area contributed by atoms with Crippen molar-refractivity contribution >= 4 is 28.6 Å². The van der Waals surface area contributed by atoms with Crippen molar-refractivity contribution in [1.82, 2.24) is 15.0 Å². The fourth-order valence-electron chi connectivity index (χ4n) is 3.69. The minimum Gasteiger partial charge on any atom is -0.481 e. The molecule has 0 saturated carbocycles. The third-order valence-electron chi connectivity index (χ3n) is 5.36. The molecule has 160 valence electrons. The monoisotopic (exact) mass is 437 g/mol. The van der Waals surface area contributed by atoms with Crippen molar-refractivity contribution in [2.24, 2.45) is 12.5 Å². The Morgan fingerprint density at radius 3 is 2.57 bits per heavy atom. The van der Waals surface area contributed by atoms with Gasteiger partial charge in [-0.2, -0.15) is 8.78 Å². The molecule has 0 unspecified atom stereocenters. The molecule has 3 aromatic rings. The van der Waals surface area contributed by atoms with E-state index in [-0.39, 0.29) is 11.6 Å². The number of carboxylic acids is 1. The van der Waals surface area contributed by atoms with Gasteiger partial charge in [0, 0.05) is 18.8 Å². The number of hydrogen-bond donors (Lipinski definition) is 1. The van der Waals surface area contributed by atoms with Crippen molar-refractivity contribution in [2.75, 3.05) is 0 Å². The second-order valence-electron chi connectivity index (χ2n) is 7.76. The summed E-state index contributed by atoms with van der Waals surface area (Å²) in [7, 11) is 1.57. The van der Waals surface area contributed by atoms with Crippen molar-refractivity contribution in [3.63, 3.8) is 0 Å². The van der Waals surface area contributed by atoms with Crippen LogP contribution in [-0.4, -0.2) is 32.7 Å². The highest BCUT2D eigenvalue weighted by Gasteiger charge is 2.40. The van der Waals surface area contributed by atoms with Gasteiger partial charge in [0.05, 0.1) is 5.41 Å². The van der Waals surface area contributed by atoms with E-state index in [1.807, 2.05) is 25.1 Å². The van der Waals surface area contributed by atoms with Crippen molar-refractivity contribution in [3.05, 3.63) is 52.6 Å². The molecule has 0 aliphatic rings. The molecule has 1 heterocycles. The summed E-state index contributed by atoms with van der Waals surface area (Å²) in [5.41, 5.74) is 2.40. The van der Waals surface area contributed by atoms with Gasteiger partial charge in [0.1, 0.15) is 11.0 Å². The number of carboxylic acid groups (broad SMARTS) is 1. The van der Waals surface area contributed by atoms with Crippen LogP contribution in [0.3, 0.4) is 0 Å². The second kappa shape index (κ2) is 8.18. The van der Waals surface area contributed by atoms with E-state index < -0.39 is 23.9 Å². The van der Waals surface area contributed by atoms with Crippen LogP contribution in [0, 0.1) is 12.3 Å².